The summed E-state index contributed by atoms with van der Waals surface area (Å²) in [6.45, 7) is 2.09. The molecule has 3 rings (SSSR count). The van der Waals surface area contributed by atoms with Crippen LogP contribution in [0.3, 0.4) is 0 Å². The number of nitrogens with zero attached hydrogens (tertiary/aromatic N) is 4. The molecule has 116 valence electrons. The SMILES string of the molecule is CCc1ccc(C(=O)Nc2cccc(-c3nnnn3C)c2)cc1. The van der Waals surface area contributed by atoms with Crippen LogP contribution < -0.4 is 5.32 Å². The van der Waals surface area contributed by atoms with Crippen LogP contribution in [-0.2, 0) is 13.5 Å². The van der Waals surface area contributed by atoms with Gasteiger partial charge < -0.3 is 5.32 Å². The molecule has 3 aromatic rings. The molecule has 0 atom stereocenters. The molecule has 0 spiro atoms. The Labute approximate surface area is 134 Å². The van der Waals surface area contributed by atoms with E-state index in [1.165, 1.54) is 5.56 Å². The smallest absolute Gasteiger partial charge is 0.255 e. The zero-order valence-electron chi connectivity index (χ0n) is 13.0. The number of carbonyl (C=O) groups excluding carboxylic acids is 1. The molecule has 1 heterocycles. The Bertz CT molecular complexity index is 823. The highest BCUT2D eigenvalue weighted by Crippen LogP contribution is 2.20. The number of amides is 1. The molecule has 0 aliphatic carbocycles. The number of rotatable bonds is 4. The lowest BCUT2D eigenvalue weighted by Crippen LogP contribution is -2.11. The Kier molecular flexibility index (Phi) is 4.14. The Hall–Kier alpha value is -3.02. The molecule has 1 N–H and O–H groups in total. The van der Waals surface area contributed by atoms with Crippen LogP contribution in [-0.4, -0.2) is 26.1 Å². The summed E-state index contributed by atoms with van der Waals surface area (Å²) in [4.78, 5) is 12.3. The van der Waals surface area contributed by atoms with Gasteiger partial charge in [-0.1, -0.05) is 31.2 Å². The van der Waals surface area contributed by atoms with E-state index in [9.17, 15) is 4.79 Å². The quantitative estimate of drug-likeness (QED) is 0.804. The van der Waals surface area contributed by atoms with E-state index in [0.29, 0.717) is 17.1 Å². The summed E-state index contributed by atoms with van der Waals surface area (Å²) in [6, 6.07) is 15.1. The standard InChI is InChI=1S/C17H17N5O/c1-3-12-7-9-13(10-8-12)17(23)18-15-6-4-5-14(11-15)16-19-20-21-22(16)2/h4-11H,3H2,1-2H3,(H,18,23). The van der Waals surface area contributed by atoms with E-state index >= 15 is 0 Å². The van der Waals surface area contributed by atoms with Gasteiger partial charge in [-0.15, -0.1) is 5.10 Å². The minimum Gasteiger partial charge on any atom is -0.322 e. The monoisotopic (exact) mass is 307 g/mol. The molecule has 0 saturated heterocycles. The molecular formula is C17H17N5O. The molecule has 0 fully saturated rings. The number of tetrazole rings is 1. The van der Waals surface area contributed by atoms with Crippen molar-refractivity contribution < 1.29 is 4.79 Å². The number of hydrogen-bond donors (Lipinski definition) is 1. The second-order valence-electron chi connectivity index (χ2n) is 5.21. The van der Waals surface area contributed by atoms with E-state index in [1.54, 1.807) is 11.7 Å². The van der Waals surface area contributed by atoms with Crippen molar-refractivity contribution in [2.45, 2.75) is 13.3 Å². The van der Waals surface area contributed by atoms with E-state index in [0.717, 1.165) is 12.0 Å². The van der Waals surface area contributed by atoms with Crippen molar-refractivity contribution >= 4 is 11.6 Å². The molecule has 23 heavy (non-hydrogen) atoms. The van der Waals surface area contributed by atoms with Crippen LogP contribution in [0.1, 0.15) is 22.8 Å². The van der Waals surface area contributed by atoms with Crippen LogP contribution in [0, 0.1) is 0 Å². The fourth-order valence-electron chi connectivity index (χ4n) is 2.31. The van der Waals surface area contributed by atoms with Crippen molar-refractivity contribution in [3.05, 3.63) is 59.7 Å². The lowest BCUT2D eigenvalue weighted by Gasteiger charge is -2.07. The third kappa shape index (κ3) is 3.26. The van der Waals surface area contributed by atoms with Gasteiger partial charge in [-0.05, 0) is 46.7 Å². The average molecular weight is 307 g/mol. The maximum absolute atomic E-state index is 12.3. The van der Waals surface area contributed by atoms with Gasteiger partial charge in [0.15, 0.2) is 5.82 Å². The van der Waals surface area contributed by atoms with Gasteiger partial charge in [-0.2, -0.15) is 0 Å². The molecule has 1 aromatic heterocycles. The van der Waals surface area contributed by atoms with Crippen LogP contribution in [0.4, 0.5) is 5.69 Å². The van der Waals surface area contributed by atoms with Gasteiger partial charge in [-0.25, -0.2) is 4.68 Å². The van der Waals surface area contributed by atoms with Gasteiger partial charge in [0.25, 0.3) is 5.91 Å². The van der Waals surface area contributed by atoms with Gasteiger partial charge in [0, 0.05) is 23.9 Å². The summed E-state index contributed by atoms with van der Waals surface area (Å²) in [7, 11) is 1.77. The van der Waals surface area contributed by atoms with Crippen molar-refractivity contribution in [1.82, 2.24) is 20.2 Å². The molecule has 0 aliphatic rings. The first-order valence-electron chi connectivity index (χ1n) is 7.40. The summed E-state index contributed by atoms with van der Waals surface area (Å²) in [6.07, 6.45) is 0.954. The average Bonchev–Trinajstić information content (AvgIpc) is 3.01. The van der Waals surface area contributed by atoms with Gasteiger partial charge in [0.05, 0.1) is 0 Å². The first-order chi connectivity index (χ1) is 11.2. The Morgan fingerprint density at radius 2 is 1.96 bits per heavy atom. The third-order valence-corrected chi connectivity index (χ3v) is 3.62. The molecule has 0 radical (unpaired) electrons. The van der Waals surface area contributed by atoms with Gasteiger partial charge in [0.2, 0.25) is 0 Å². The molecule has 0 unspecified atom stereocenters. The number of carbonyl (C=O) groups is 1. The second kappa shape index (κ2) is 6.39. The number of aromatic nitrogens is 4. The van der Waals surface area contributed by atoms with Crippen LogP contribution in [0.5, 0.6) is 0 Å². The molecule has 0 saturated carbocycles. The summed E-state index contributed by atoms with van der Waals surface area (Å²) < 4.78 is 1.59. The Morgan fingerprint density at radius 1 is 1.17 bits per heavy atom. The number of hydrogen-bond acceptors (Lipinski definition) is 4. The van der Waals surface area contributed by atoms with Crippen molar-refractivity contribution in [3.63, 3.8) is 0 Å². The van der Waals surface area contributed by atoms with Crippen LogP contribution in [0.2, 0.25) is 0 Å². The van der Waals surface area contributed by atoms with Crippen molar-refractivity contribution in [1.29, 1.82) is 0 Å². The minimum atomic E-state index is -0.138. The van der Waals surface area contributed by atoms with E-state index < -0.39 is 0 Å². The first kappa shape index (κ1) is 14.9. The Balaban J connectivity index is 1.80. The number of nitrogens with one attached hydrogen (secondary N) is 1. The lowest BCUT2D eigenvalue weighted by atomic mass is 10.1. The van der Waals surface area contributed by atoms with E-state index in [2.05, 4.69) is 27.8 Å². The molecular weight excluding hydrogens is 290 g/mol. The molecule has 6 heteroatoms. The van der Waals surface area contributed by atoms with Crippen LogP contribution in [0.25, 0.3) is 11.4 Å². The van der Waals surface area contributed by atoms with Crippen molar-refractivity contribution in [3.8, 4) is 11.4 Å². The molecule has 0 bridgehead atoms. The number of benzene rings is 2. The van der Waals surface area contributed by atoms with Crippen LogP contribution in [0.15, 0.2) is 48.5 Å². The molecule has 2 aromatic carbocycles. The normalized spacial score (nSPS) is 10.5. The molecule has 1 amide bonds. The predicted molar refractivity (Wildman–Crippen MR) is 88.0 cm³/mol. The summed E-state index contributed by atoms with van der Waals surface area (Å²) in [5, 5.41) is 14.3. The lowest BCUT2D eigenvalue weighted by molar-refractivity contribution is 0.102. The van der Waals surface area contributed by atoms with Crippen LogP contribution >= 0.6 is 0 Å². The van der Waals surface area contributed by atoms with E-state index in [-0.39, 0.29) is 5.91 Å². The van der Waals surface area contributed by atoms with Crippen molar-refractivity contribution in [2.75, 3.05) is 5.32 Å². The topological polar surface area (TPSA) is 72.7 Å². The summed E-state index contributed by atoms with van der Waals surface area (Å²) >= 11 is 0. The molecule has 0 aliphatic heterocycles. The molecule has 6 nitrogen and oxygen atoms in total. The minimum absolute atomic E-state index is 0.138. The van der Waals surface area contributed by atoms with Gasteiger partial charge in [0.1, 0.15) is 0 Å². The van der Waals surface area contributed by atoms with Crippen molar-refractivity contribution in [2.24, 2.45) is 7.05 Å². The van der Waals surface area contributed by atoms with E-state index in [1.807, 2.05) is 48.5 Å². The fourth-order valence-corrected chi connectivity index (χ4v) is 2.31. The third-order valence-electron chi connectivity index (χ3n) is 3.62. The summed E-state index contributed by atoms with van der Waals surface area (Å²) in [5.41, 5.74) is 3.39. The second-order valence-corrected chi connectivity index (χ2v) is 5.21. The first-order valence-corrected chi connectivity index (χ1v) is 7.40. The van der Waals surface area contributed by atoms with E-state index in [4.69, 9.17) is 0 Å². The largest absolute Gasteiger partial charge is 0.322 e. The highest BCUT2D eigenvalue weighted by atomic mass is 16.1. The van der Waals surface area contributed by atoms with Gasteiger partial charge in [-0.3, -0.25) is 4.79 Å². The fraction of sp³-hybridized carbons (Fsp3) is 0.176. The maximum atomic E-state index is 12.3. The number of aryl methyl sites for hydroxylation is 2. The highest BCUT2D eigenvalue weighted by Gasteiger charge is 2.09. The maximum Gasteiger partial charge on any atom is 0.255 e. The zero-order chi connectivity index (χ0) is 16.2. The van der Waals surface area contributed by atoms with Gasteiger partial charge >= 0.3 is 0 Å². The number of anilines is 1. The zero-order valence-corrected chi connectivity index (χ0v) is 13.0. The predicted octanol–water partition coefficient (Wildman–Crippen LogP) is 2.69. The highest BCUT2D eigenvalue weighted by molar-refractivity contribution is 6.04. The summed E-state index contributed by atoms with van der Waals surface area (Å²) in [5.74, 6) is 0.509. The Morgan fingerprint density at radius 3 is 2.61 bits per heavy atom.